The number of aromatic nitrogens is 4. The van der Waals surface area contributed by atoms with Gasteiger partial charge in [0.2, 0.25) is 11.2 Å². The lowest BCUT2D eigenvalue weighted by atomic mass is 10.1. The summed E-state index contributed by atoms with van der Waals surface area (Å²) >= 11 is 7.37. The fourth-order valence-electron chi connectivity index (χ4n) is 2.57. The Balaban J connectivity index is 1.43. The van der Waals surface area contributed by atoms with Gasteiger partial charge in [0.1, 0.15) is 10.5 Å². The topological polar surface area (TPSA) is 83.6 Å². The molecule has 3 aromatic rings. The molecule has 1 atom stereocenters. The molecule has 0 bridgehead atoms. The molecule has 0 radical (unpaired) electrons. The highest BCUT2D eigenvalue weighted by Crippen LogP contribution is 2.24. The van der Waals surface area contributed by atoms with Crippen LogP contribution in [0.25, 0.3) is 11.2 Å². The molecule has 2 N–H and O–H groups in total. The number of nitrogens with zero attached hydrogens (tertiary/aromatic N) is 3. The van der Waals surface area contributed by atoms with Gasteiger partial charge in [-0.3, -0.25) is 4.79 Å². The van der Waals surface area contributed by atoms with Crippen LogP contribution in [-0.4, -0.2) is 37.6 Å². The van der Waals surface area contributed by atoms with E-state index in [1.807, 2.05) is 25.1 Å². The molecule has 0 spiro atoms. The Morgan fingerprint density at radius 2 is 2.12 bits per heavy atom. The molecule has 1 amide bonds. The molecule has 1 aromatic carbocycles. The Morgan fingerprint density at radius 3 is 2.92 bits per heavy atom. The van der Waals surface area contributed by atoms with Crippen molar-refractivity contribution >= 4 is 40.4 Å². The largest absolute Gasteiger partial charge is 0.354 e. The number of carbonyl (C=O) groups excluding carboxylic acids is 1. The third kappa shape index (κ3) is 5.19. The Morgan fingerprint density at radius 1 is 1.31 bits per heavy atom. The van der Waals surface area contributed by atoms with Gasteiger partial charge in [-0.15, -0.1) is 11.8 Å². The molecule has 0 saturated heterocycles. The van der Waals surface area contributed by atoms with Gasteiger partial charge in [0.15, 0.2) is 5.65 Å². The third-order valence-corrected chi connectivity index (χ3v) is 5.06. The SMILES string of the molecule is CC(CCc1ccccc1)NC(=O)CCSc1nc(Cl)nc2nc[nH]c12. The second-order valence-electron chi connectivity index (χ2n) is 5.99. The fourth-order valence-corrected chi connectivity index (χ4v) is 3.71. The fraction of sp³-hybridized carbons (Fsp3) is 0.333. The van der Waals surface area contributed by atoms with E-state index in [1.54, 1.807) is 6.33 Å². The number of hydrogen-bond acceptors (Lipinski definition) is 5. The Bertz CT molecular complexity index is 870. The van der Waals surface area contributed by atoms with Crippen molar-refractivity contribution in [1.82, 2.24) is 25.3 Å². The van der Waals surface area contributed by atoms with Crippen LogP contribution in [-0.2, 0) is 11.2 Å². The zero-order chi connectivity index (χ0) is 18.4. The molecule has 3 rings (SSSR count). The van der Waals surface area contributed by atoms with Crippen LogP contribution in [0.1, 0.15) is 25.3 Å². The van der Waals surface area contributed by atoms with Gasteiger partial charge in [0.05, 0.1) is 6.33 Å². The van der Waals surface area contributed by atoms with Gasteiger partial charge < -0.3 is 10.3 Å². The lowest BCUT2D eigenvalue weighted by Gasteiger charge is -2.13. The second kappa shape index (κ2) is 9.00. The van der Waals surface area contributed by atoms with Crippen molar-refractivity contribution in [3.63, 3.8) is 0 Å². The number of rotatable bonds is 8. The summed E-state index contributed by atoms with van der Waals surface area (Å²) < 4.78 is 0. The summed E-state index contributed by atoms with van der Waals surface area (Å²) in [5.41, 5.74) is 2.57. The Hall–Kier alpha value is -2.12. The molecule has 8 heteroatoms. The molecule has 1 unspecified atom stereocenters. The van der Waals surface area contributed by atoms with E-state index >= 15 is 0 Å². The maximum Gasteiger partial charge on any atom is 0.225 e. The van der Waals surface area contributed by atoms with E-state index in [0.29, 0.717) is 22.8 Å². The van der Waals surface area contributed by atoms with Gasteiger partial charge in [-0.05, 0) is 36.9 Å². The number of imidazole rings is 1. The maximum absolute atomic E-state index is 12.1. The normalized spacial score (nSPS) is 12.2. The molecule has 0 aliphatic rings. The predicted octanol–water partition coefficient (Wildman–Crippen LogP) is 3.63. The van der Waals surface area contributed by atoms with Crippen molar-refractivity contribution in [3.8, 4) is 0 Å². The van der Waals surface area contributed by atoms with Crippen molar-refractivity contribution in [3.05, 3.63) is 47.5 Å². The highest BCUT2D eigenvalue weighted by atomic mass is 35.5. The Labute approximate surface area is 161 Å². The maximum atomic E-state index is 12.1. The van der Waals surface area contributed by atoms with Gasteiger partial charge in [-0.25, -0.2) is 9.97 Å². The van der Waals surface area contributed by atoms with Crippen LogP contribution in [0.4, 0.5) is 0 Å². The number of benzene rings is 1. The summed E-state index contributed by atoms with van der Waals surface area (Å²) in [4.78, 5) is 27.5. The average Bonchev–Trinajstić information content (AvgIpc) is 3.09. The number of hydrogen-bond donors (Lipinski definition) is 2. The number of aromatic amines is 1. The monoisotopic (exact) mass is 389 g/mol. The molecule has 2 heterocycles. The predicted molar refractivity (Wildman–Crippen MR) is 104 cm³/mol. The van der Waals surface area contributed by atoms with E-state index in [-0.39, 0.29) is 17.2 Å². The minimum atomic E-state index is 0.0408. The first kappa shape index (κ1) is 18.7. The summed E-state index contributed by atoms with van der Waals surface area (Å²) in [7, 11) is 0. The lowest BCUT2D eigenvalue weighted by Crippen LogP contribution is -2.33. The highest BCUT2D eigenvalue weighted by Gasteiger charge is 2.12. The minimum absolute atomic E-state index is 0.0408. The van der Waals surface area contributed by atoms with E-state index in [1.165, 1.54) is 17.3 Å². The number of nitrogens with one attached hydrogen (secondary N) is 2. The van der Waals surface area contributed by atoms with Crippen molar-refractivity contribution < 1.29 is 4.79 Å². The number of thioether (sulfide) groups is 1. The number of aryl methyl sites for hydroxylation is 1. The quantitative estimate of drug-likeness (QED) is 0.349. The zero-order valence-electron chi connectivity index (χ0n) is 14.4. The van der Waals surface area contributed by atoms with Crippen LogP contribution in [0, 0.1) is 0 Å². The van der Waals surface area contributed by atoms with Gasteiger partial charge >= 0.3 is 0 Å². The van der Waals surface area contributed by atoms with Gasteiger partial charge in [-0.2, -0.15) is 4.98 Å². The molecular weight excluding hydrogens is 370 g/mol. The van der Waals surface area contributed by atoms with Crippen LogP contribution in [0.15, 0.2) is 41.7 Å². The first-order valence-electron chi connectivity index (χ1n) is 8.44. The van der Waals surface area contributed by atoms with Crippen LogP contribution in [0.2, 0.25) is 5.28 Å². The standard InChI is InChI=1S/C18H20ClN5OS/c1-12(7-8-13-5-3-2-4-6-13)22-14(25)9-10-26-17-15-16(21-11-20-15)23-18(19)24-17/h2-6,11-12H,7-10H2,1H3,(H,22,25)(H,20,21,23,24). The summed E-state index contributed by atoms with van der Waals surface area (Å²) in [6, 6.07) is 10.4. The summed E-state index contributed by atoms with van der Waals surface area (Å²) in [6.07, 6.45) is 3.84. The third-order valence-electron chi connectivity index (χ3n) is 3.91. The molecule has 26 heavy (non-hydrogen) atoms. The van der Waals surface area contributed by atoms with E-state index < -0.39 is 0 Å². The summed E-state index contributed by atoms with van der Waals surface area (Å²) in [5.74, 6) is 0.651. The molecule has 0 aliphatic carbocycles. The number of amides is 1. The van der Waals surface area contributed by atoms with Crippen LogP contribution in [0.3, 0.4) is 0 Å². The van der Waals surface area contributed by atoms with E-state index in [0.717, 1.165) is 18.4 Å². The molecule has 2 aromatic heterocycles. The molecule has 0 fully saturated rings. The molecule has 0 aliphatic heterocycles. The van der Waals surface area contributed by atoms with Crippen molar-refractivity contribution in [1.29, 1.82) is 0 Å². The van der Waals surface area contributed by atoms with E-state index in [4.69, 9.17) is 11.6 Å². The highest BCUT2D eigenvalue weighted by molar-refractivity contribution is 7.99. The minimum Gasteiger partial charge on any atom is -0.354 e. The van der Waals surface area contributed by atoms with E-state index in [9.17, 15) is 4.79 Å². The van der Waals surface area contributed by atoms with Crippen molar-refractivity contribution in [2.45, 2.75) is 37.3 Å². The zero-order valence-corrected chi connectivity index (χ0v) is 16.0. The summed E-state index contributed by atoms with van der Waals surface area (Å²) in [5, 5.41) is 3.92. The average molecular weight is 390 g/mol. The number of H-pyrrole nitrogens is 1. The molecule has 6 nitrogen and oxygen atoms in total. The number of halogens is 1. The molecule has 0 saturated carbocycles. The smallest absolute Gasteiger partial charge is 0.225 e. The van der Waals surface area contributed by atoms with Crippen molar-refractivity contribution in [2.75, 3.05) is 5.75 Å². The number of carbonyl (C=O) groups is 1. The van der Waals surface area contributed by atoms with Crippen molar-refractivity contribution in [2.24, 2.45) is 0 Å². The van der Waals surface area contributed by atoms with E-state index in [2.05, 4.69) is 37.4 Å². The van der Waals surface area contributed by atoms with Gasteiger partial charge in [0.25, 0.3) is 0 Å². The molecular formula is C18H20ClN5OS. The van der Waals surface area contributed by atoms with Gasteiger partial charge in [0, 0.05) is 18.2 Å². The lowest BCUT2D eigenvalue weighted by molar-refractivity contribution is -0.121. The first-order valence-corrected chi connectivity index (χ1v) is 9.81. The Kier molecular flexibility index (Phi) is 6.46. The summed E-state index contributed by atoms with van der Waals surface area (Å²) in [6.45, 7) is 2.03. The van der Waals surface area contributed by atoms with Crippen LogP contribution < -0.4 is 5.32 Å². The number of fused-ring (bicyclic) bond motifs is 1. The second-order valence-corrected chi connectivity index (χ2v) is 7.41. The van der Waals surface area contributed by atoms with Crippen LogP contribution >= 0.6 is 23.4 Å². The van der Waals surface area contributed by atoms with Crippen LogP contribution in [0.5, 0.6) is 0 Å². The molecule has 136 valence electrons. The first-order chi connectivity index (χ1) is 12.6. The van der Waals surface area contributed by atoms with Gasteiger partial charge in [-0.1, -0.05) is 30.3 Å².